The second kappa shape index (κ2) is 12.6. The molecule has 0 N–H and O–H groups in total. The second-order valence-corrected chi connectivity index (χ2v) is 15.4. The molecule has 6 heteroatoms. The zero-order valence-corrected chi connectivity index (χ0v) is 31.2. The van der Waals surface area contributed by atoms with Gasteiger partial charge in [-0.2, -0.15) is 0 Å². The molecule has 12 aromatic rings. The van der Waals surface area contributed by atoms with Crippen molar-refractivity contribution in [2.24, 2.45) is 0 Å². The first-order valence-electron chi connectivity index (χ1n) is 19.0. The van der Waals surface area contributed by atoms with Crippen molar-refractivity contribution in [3.05, 3.63) is 182 Å². The molecule has 0 fully saturated rings. The van der Waals surface area contributed by atoms with Crippen LogP contribution in [-0.2, 0) is 0 Å². The minimum absolute atomic E-state index is 0.603. The third kappa shape index (κ3) is 4.98. The molecule has 0 spiro atoms. The van der Waals surface area contributed by atoms with Gasteiger partial charge >= 0.3 is 0 Å². The third-order valence-corrected chi connectivity index (χ3v) is 12.2. The molecule has 5 nitrogen and oxygen atoms in total. The van der Waals surface area contributed by atoms with Gasteiger partial charge in [-0.1, -0.05) is 146 Å². The van der Waals surface area contributed by atoms with Crippen LogP contribution in [0.3, 0.4) is 0 Å². The summed E-state index contributed by atoms with van der Waals surface area (Å²) in [4.78, 5) is 15.1. The van der Waals surface area contributed by atoms with Gasteiger partial charge in [-0.05, 0) is 42.0 Å². The normalized spacial score (nSPS) is 11.9. The van der Waals surface area contributed by atoms with Crippen molar-refractivity contribution in [1.82, 2.24) is 19.5 Å². The highest BCUT2D eigenvalue weighted by Gasteiger charge is 2.21. The van der Waals surface area contributed by atoms with Crippen molar-refractivity contribution in [2.45, 2.75) is 0 Å². The van der Waals surface area contributed by atoms with E-state index in [1.807, 2.05) is 84.1 Å². The number of benzene rings is 8. The Bertz CT molecular complexity index is 3420. The molecule has 0 aliphatic heterocycles. The second-order valence-electron chi connectivity index (χ2n) is 14.3. The van der Waals surface area contributed by atoms with Gasteiger partial charge < -0.3 is 8.98 Å². The molecule has 12 rings (SSSR count). The van der Waals surface area contributed by atoms with Crippen molar-refractivity contribution < 1.29 is 4.42 Å². The summed E-state index contributed by atoms with van der Waals surface area (Å²) in [5, 5.41) is 6.99. The van der Waals surface area contributed by atoms with Crippen LogP contribution < -0.4 is 0 Å². The van der Waals surface area contributed by atoms with E-state index < -0.39 is 0 Å². The Morgan fingerprint density at radius 1 is 0.404 bits per heavy atom. The first-order valence-corrected chi connectivity index (χ1v) is 19.8. The lowest BCUT2D eigenvalue weighted by Gasteiger charge is -2.09. The summed E-state index contributed by atoms with van der Waals surface area (Å²) in [6.45, 7) is 0. The first kappa shape index (κ1) is 31.9. The highest BCUT2D eigenvalue weighted by molar-refractivity contribution is 7.26. The van der Waals surface area contributed by atoms with Crippen LogP contribution in [0.15, 0.2) is 186 Å². The maximum Gasteiger partial charge on any atom is 0.164 e. The number of nitrogens with zero attached hydrogens (tertiary/aromatic N) is 4. The van der Waals surface area contributed by atoms with Gasteiger partial charge in [-0.25, -0.2) is 15.0 Å². The van der Waals surface area contributed by atoms with E-state index in [1.165, 1.54) is 42.0 Å². The van der Waals surface area contributed by atoms with E-state index in [0.717, 1.165) is 55.4 Å². The summed E-state index contributed by atoms with van der Waals surface area (Å²) in [5.74, 6) is 1.86. The Kier molecular flexibility index (Phi) is 7.03. The lowest BCUT2D eigenvalue weighted by atomic mass is 9.96. The highest BCUT2D eigenvalue weighted by Crippen LogP contribution is 2.46. The molecule has 0 atom stereocenters. The number of thiophene rings is 1. The molecule has 0 radical (unpaired) electrons. The quantitative estimate of drug-likeness (QED) is 0.176. The maximum atomic E-state index is 6.85. The molecule has 0 saturated heterocycles. The van der Waals surface area contributed by atoms with Gasteiger partial charge in [0.1, 0.15) is 11.2 Å². The Morgan fingerprint density at radius 3 is 1.70 bits per heavy atom. The van der Waals surface area contributed by atoms with Crippen LogP contribution in [0.2, 0.25) is 0 Å². The van der Waals surface area contributed by atoms with Crippen LogP contribution in [-0.4, -0.2) is 19.5 Å². The molecule has 0 aliphatic rings. The molecular formula is C51H30N4OS. The number of rotatable bonds is 5. The van der Waals surface area contributed by atoms with Gasteiger partial charge in [0.25, 0.3) is 0 Å². The number of hydrogen-bond acceptors (Lipinski definition) is 5. The lowest BCUT2D eigenvalue weighted by Crippen LogP contribution is -2.00. The average molecular weight is 747 g/mol. The zero-order valence-electron chi connectivity index (χ0n) is 30.4. The maximum absolute atomic E-state index is 6.85. The molecule has 0 saturated carbocycles. The lowest BCUT2D eigenvalue weighted by molar-refractivity contribution is 0.670. The van der Waals surface area contributed by atoms with Crippen LogP contribution in [0.25, 0.3) is 115 Å². The fourth-order valence-electron chi connectivity index (χ4n) is 8.55. The monoisotopic (exact) mass is 746 g/mol. The summed E-state index contributed by atoms with van der Waals surface area (Å²) >= 11 is 1.84. The number of para-hydroxylation sites is 3. The van der Waals surface area contributed by atoms with E-state index in [4.69, 9.17) is 19.4 Å². The number of furan rings is 1. The van der Waals surface area contributed by atoms with Crippen LogP contribution in [0.5, 0.6) is 0 Å². The highest BCUT2D eigenvalue weighted by atomic mass is 32.1. The van der Waals surface area contributed by atoms with Gasteiger partial charge in [0, 0.05) is 69.7 Å². The fourth-order valence-corrected chi connectivity index (χ4v) is 9.72. The van der Waals surface area contributed by atoms with Crippen LogP contribution in [0.1, 0.15) is 0 Å². The summed E-state index contributed by atoms with van der Waals surface area (Å²) in [5.41, 5.74) is 10.2. The topological polar surface area (TPSA) is 56.7 Å². The van der Waals surface area contributed by atoms with Crippen molar-refractivity contribution >= 4 is 75.3 Å². The third-order valence-electron chi connectivity index (χ3n) is 11.1. The molecule has 0 aliphatic carbocycles. The van der Waals surface area contributed by atoms with E-state index >= 15 is 0 Å². The van der Waals surface area contributed by atoms with Crippen LogP contribution >= 0.6 is 11.3 Å². The first-order chi connectivity index (χ1) is 28.3. The van der Waals surface area contributed by atoms with Crippen LogP contribution in [0.4, 0.5) is 0 Å². The van der Waals surface area contributed by atoms with Crippen LogP contribution in [0, 0.1) is 0 Å². The molecule has 0 unspecified atom stereocenters. The average Bonchev–Trinajstić information content (AvgIpc) is 3.96. The molecular weight excluding hydrogens is 717 g/mol. The standard InChI is InChI=1S/C51H30N4OS/c1-3-14-31(15-4-1)49-52-50(32-16-5-2-6-17-32)54-51(53-49)40-23-12-26-43-46(40)39-22-11-21-37(48(39)56-43)36-20-13-27-44-47(36)38-29-28-33(30-45(38)57-44)55-41-24-9-7-18-34(41)35-19-8-10-25-42(35)55/h1-30H. The number of aromatic nitrogens is 4. The number of fused-ring (bicyclic) bond motifs is 9. The van der Waals surface area contributed by atoms with Crippen molar-refractivity contribution in [1.29, 1.82) is 0 Å². The summed E-state index contributed by atoms with van der Waals surface area (Å²) in [6.07, 6.45) is 0. The van der Waals surface area contributed by atoms with Crippen molar-refractivity contribution in [3.8, 4) is 51.0 Å². The van der Waals surface area contributed by atoms with Gasteiger partial charge in [0.05, 0.1) is 11.0 Å². The van der Waals surface area contributed by atoms with E-state index in [2.05, 4.69) is 114 Å². The number of hydrogen-bond donors (Lipinski definition) is 0. The molecule has 0 amide bonds. The Hall–Kier alpha value is -7.41. The minimum atomic E-state index is 0.603. The Balaban J connectivity index is 1.04. The van der Waals surface area contributed by atoms with Gasteiger partial charge in [-0.3, -0.25) is 0 Å². The van der Waals surface area contributed by atoms with Crippen molar-refractivity contribution in [2.75, 3.05) is 0 Å². The zero-order chi connectivity index (χ0) is 37.5. The molecule has 4 heterocycles. The fraction of sp³-hybridized carbons (Fsp3) is 0. The molecule has 8 aromatic carbocycles. The summed E-state index contributed by atoms with van der Waals surface area (Å²) in [6, 6.07) is 63.7. The van der Waals surface area contributed by atoms with Gasteiger partial charge in [0.2, 0.25) is 0 Å². The van der Waals surface area contributed by atoms with Gasteiger partial charge in [0.15, 0.2) is 17.5 Å². The van der Waals surface area contributed by atoms with E-state index in [1.54, 1.807) is 0 Å². The molecule has 57 heavy (non-hydrogen) atoms. The Morgan fingerprint density at radius 2 is 0.982 bits per heavy atom. The predicted octanol–water partition coefficient (Wildman–Crippen LogP) is 13.9. The minimum Gasteiger partial charge on any atom is -0.455 e. The van der Waals surface area contributed by atoms with Crippen molar-refractivity contribution in [3.63, 3.8) is 0 Å². The summed E-state index contributed by atoms with van der Waals surface area (Å²) < 4.78 is 11.7. The van der Waals surface area contributed by atoms with Gasteiger partial charge in [-0.15, -0.1) is 11.3 Å². The van der Waals surface area contributed by atoms with E-state index in [9.17, 15) is 0 Å². The molecule has 4 aromatic heterocycles. The smallest absolute Gasteiger partial charge is 0.164 e. The molecule has 0 bridgehead atoms. The SMILES string of the molecule is c1ccc(-c2nc(-c3ccccc3)nc(-c3cccc4oc5c(-c6cccc7sc8cc(-n9c%10ccccc%10c%10ccccc%109)ccc8c67)cccc5c34)n2)cc1. The Labute approximate surface area is 330 Å². The van der Waals surface area contributed by atoms with E-state index in [-0.39, 0.29) is 0 Å². The van der Waals surface area contributed by atoms with E-state index in [0.29, 0.717) is 17.5 Å². The summed E-state index contributed by atoms with van der Waals surface area (Å²) in [7, 11) is 0. The molecule has 266 valence electrons. The predicted molar refractivity (Wildman–Crippen MR) is 236 cm³/mol. The largest absolute Gasteiger partial charge is 0.455 e.